The fourth-order valence-electron chi connectivity index (χ4n) is 2.25. The summed E-state index contributed by atoms with van der Waals surface area (Å²) in [6, 6.07) is 12.2. The van der Waals surface area contributed by atoms with Crippen molar-refractivity contribution in [2.75, 3.05) is 5.73 Å². The van der Waals surface area contributed by atoms with E-state index in [0.29, 0.717) is 11.7 Å². The number of hydrogen-bond acceptors (Lipinski definition) is 7. The van der Waals surface area contributed by atoms with Crippen molar-refractivity contribution in [3.8, 4) is 28.9 Å². The molecule has 4 aromatic rings. The number of nitrogens with zero attached hydrogens (tertiary/aromatic N) is 5. The molecule has 0 spiro atoms. The first-order valence-electron chi connectivity index (χ1n) is 7.41. The van der Waals surface area contributed by atoms with Crippen molar-refractivity contribution in [3.63, 3.8) is 0 Å². The number of aromatic nitrogens is 5. The second-order valence-corrected chi connectivity index (χ2v) is 5.18. The van der Waals surface area contributed by atoms with Gasteiger partial charge >= 0.3 is 0 Å². The summed E-state index contributed by atoms with van der Waals surface area (Å²) in [7, 11) is 0. The highest BCUT2D eigenvalue weighted by atomic mass is 16.4. The Hall–Kier alpha value is -3.81. The Bertz CT molecular complexity index is 1070. The van der Waals surface area contributed by atoms with E-state index in [-0.39, 0.29) is 22.8 Å². The zero-order chi connectivity index (χ0) is 17.2. The van der Waals surface area contributed by atoms with Crippen LogP contribution < -0.4 is 11.2 Å². The number of anilines is 1. The summed E-state index contributed by atoms with van der Waals surface area (Å²) < 4.78 is 7.33. The van der Waals surface area contributed by atoms with Crippen LogP contribution in [0.25, 0.3) is 28.9 Å². The maximum absolute atomic E-state index is 11.2. The minimum absolute atomic E-state index is 0.0933. The lowest BCUT2D eigenvalue weighted by Crippen LogP contribution is -2.06. The van der Waals surface area contributed by atoms with Gasteiger partial charge in [-0.3, -0.25) is 4.79 Å². The Morgan fingerprint density at radius 1 is 0.960 bits per heavy atom. The van der Waals surface area contributed by atoms with Gasteiger partial charge in [-0.15, -0.1) is 10.2 Å². The molecule has 0 atom stereocenters. The third kappa shape index (κ3) is 2.88. The van der Waals surface area contributed by atoms with Gasteiger partial charge in [0.15, 0.2) is 22.8 Å². The summed E-state index contributed by atoms with van der Waals surface area (Å²) in [5.41, 5.74) is 6.90. The molecular formula is C17H12N6O2. The van der Waals surface area contributed by atoms with Gasteiger partial charge in [0.2, 0.25) is 5.89 Å². The van der Waals surface area contributed by atoms with Crippen LogP contribution in [0.4, 0.5) is 5.82 Å². The summed E-state index contributed by atoms with van der Waals surface area (Å²) in [6.45, 7) is 0. The molecule has 0 aliphatic heterocycles. The lowest BCUT2D eigenvalue weighted by atomic mass is 10.2. The van der Waals surface area contributed by atoms with Crippen LogP contribution in [0.5, 0.6) is 0 Å². The third-order valence-corrected chi connectivity index (χ3v) is 3.50. The normalized spacial score (nSPS) is 10.7. The number of nitrogen functional groups attached to an aromatic ring is 1. The van der Waals surface area contributed by atoms with Gasteiger partial charge in [-0.1, -0.05) is 18.2 Å². The summed E-state index contributed by atoms with van der Waals surface area (Å²) in [5.74, 6) is 1.19. The van der Waals surface area contributed by atoms with Crippen LogP contribution in [0.2, 0.25) is 0 Å². The number of hydrogen-bond donors (Lipinski definition) is 1. The van der Waals surface area contributed by atoms with Gasteiger partial charge in [-0.25, -0.2) is 9.97 Å². The minimum Gasteiger partial charge on any atom is -0.414 e. The average molecular weight is 332 g/mol. The molecule has 4 rings (SSSR count). The highest BCUT2D eigenvalue weighted by Crippen LogP contribution is 2.25. The first-order chi connectivity index (χ1) is 12.2. The molecule has 0 amide bonds. The molecule has 0 unspecified atom stereocenters. The van der Waals surface area contributed by atoms with Gasteiger partial charge < -0.3 is 14.7 Å². The lowest BCUT2D eigenvalue weighted by molar-refractivity contribution is 0.582. The Morgan fingerprint density at radius 3 is 2.44 bits per heavy atom. The standard InChI is InChI=1S/C17H12N6O2/c18-15-14(17-22-21-16(25-17)11-4-2-1-3-5-11)20-13(10-19-15)23-8-6-12(24)7-9-23/h1-10H,(H2,18,19). The van der Waals surface area contributed by atoms with E-state index in [4.69, 9.17) is 10.2 Å². The first kappa shape index (κ1) is 14.8. The van der Waals surface area contributed by atoms with Crippen molar-refractivity contribution in [2.24, 2.45) is 0 Å². The van der Waals surface area contributed by atoms with Crippen LogP contribution >= 0.6 is 0 Å². The average Bonchev–Trinajstić information content (AvgIpc) is 3.14. The summed E-state index contributed by atoms with van der Waals surface area (Å²) in [6.07, 6.45) is 4.68. The minimum atomic E-state index is -0.0933. The van der Waals surface area contributed by atoms with Crippen LogP contribution in [-0.4, -0.2) is 24.7 Å². The van der Waals surface area contributed by atoms with E-state index in [9.17, 15) is 4.79 Å². The topological polar surface area (TPSA) is 113 Å². The largest absolute Gasteiger partial charge is 0.414 e. The second kappa shape index (κ2) is 6.00. The van der Waals surface area contributed by atoms with Crippen molar-refractivity contribution < 1.29 is 4.42 Å². The second-order valence-electron chi connectivity index (χ2n) is 5.18. The van der Waals surface area contributed by atoms with Crippen LogP contribution in [0.15, 0.2) is 70.3 Å². The Labute approximate surface area is 141 Å². The van der Waals surface area contributed by atoms with Crippen LogP contribution in [0.1, 0.15) is 0 Å². The quantitative estimate of drug-likeness (QED) is 0.610. The Balaban J connectivity index is 1.75. The third-order valence-electron chi connectivity index (χ3n) is 3.50. The van der Waals surface area contributed by atoms with Crippen molar-refractivity contribution in [1.82, 2.24) is 24.7 Å². The molecule has 8 nitrogen and oxygen atoms in total. The highest BCUT2D eigenvalue weighted by molar-refractivity contribution is 5.64. The van der Waals surface area contributed by atoms with Crippen molar-refractivity contribution in [2.45, 2.75) is 0 Å². The summed E-state index contributed by atoms with van der Waals surface area (Å²) in [5, 5.41) is 8.04. The molecule has 0 saturated carbocycles. The van der Waals surface area contributed by atoms with E-state index in [2.05, 4.69) is 20.2 Å². The Morgan fingerprint density at radius 2 is 1.68 bits per heavy atom. The smallest absolute Gasteiger partial charge is 0.270 e. The van der Waals surface area contributed by atoms with Gasteiger partial charge in [-0.2, -0.15) is 0 Å². The molecule has 3 aromatic heterocycles. The summed E-state index contributed by atoms with van der Waals surface area (Å²) >= 11 is 0. The summed E-state index contributed by atoms with van der Waals surface area (Å²) in [4.78, 5) is 19.8. The molecule has 0 bridgehead atoms. The number of benzene rings is 1. The molecule has 2 N–H and O–H groups in total. The van der Waals surface area contributed by atoms with E-state index in [1.165, 1.54) is 18.3 Å². The zero-order valence-electron chi connectivity index (χ0n) is 12.9. The highest BCUT2D eigenvalue weighted by Gasteiger charge is 2.16. The van der Waals surface area contributed by atoms with E-state index in [0.717, 1.165) is 5.56 Å². The number of nitrogens with two attached hydrogens (primary N) is 1. The molecule has 8 heteroatoms. The molecular weight excluding hydrogens is 320 g/mol. The van der Waals surface area contributed by atoms with Crippen molar-refractivity contribution >= 4 is 5.82 Å². The molecule has 0 fully saturated rings. The molecule has 0 saturated heterocycles. The fraction of sp³-hybridized carbons (Fsp3) is 0. The predicted molar refractivity (Wildman–Crippen MR) is 90.8 cm³/mol. The van der Waals surface area contributed by atoms with Gasteiger partial charge in [0.05, 0.1) is 6.20 Å². The van der Waals surface area contributed by atoms with Crippen LogP contribution in [0.3, 0.4) is 0 Å². The SMILES string of the molecule is Nc1ncc(-n2ccc(=O)cc2)nc1-c1nnc(-c2ccccc2)o1. The van der Waals surface area contributed by atoms with Gasteiger partial charge in [0, 0.05) is 30.1 Å². The molecule has 122 valence electrons. The van der Waals surface area contributed by atoms with Crippen LogP contribution in [0, 0.1) is 0 Å². The van der Waals surface area contributed by atoms with Gasteiger partial charge in [-0.05, 0) is 12.1 Å². The first-order valence-corrected chi connectivity index (χ1v) is 7.41. The Kier molecular flexibility index (Phi) is 3.55. The van der Waals surface area contributed by atoms with E-state index >= 15 is 0 Å². The van der Waals surface area contributed by atoms with E-state index in [1.54, 1.807) is 17.0 Å². The fourth-order valence-corrected chi connectivity index (χ4v) is 2.25. The molecule has 0 aliphatic carbocycles. The van der Waals surface area contributed by atoms with Gasteiger partial charge in [0.25, 0.3) is 5.89 Å². The number of rotatable bonds is 3. The van der Waals surface area contributed by atoms with E-state index < -0.39 is 0 Å². The molecule has 3 heterocycles. The van der Waals surface area contributed by atoms with Crippen molar-refractivity contribution in [1.29, 1.82) is 0 Å². The maximum Gasteiger partial charge on any atom is 0.270 e. The monoisotopic (exact) mass is 332 g/mol. The molecule has 0 aliphatic rings. The molecule has 0 radical (unpaired) electrons. The zero-order valence-corrected chi connectivity index (χ0v) is 12.9. The predicted octanol–water partition coefficient (Wildman–Crippen LogP) is 1.93. The number of pyridine rings is 1. The van der Waals surface area contributed by atoms with E-state index in [1.807, 2.05) is 30.3 Å². The maximum atomic E-state index is 11.2. The molecule has 25 heavy (non-hydrogen) atoms. The lowest BCUT2D eigenvalue weighted by Gasteiger charge is -2.06. The molecule has 1 aromatic carbocycles. The van der Waals surface area contributed by atoms with Gasteiger partial charge in [0.1, 0.15) is 0 Å². The van der Waals surface area contributed by atoms with Crippen molar-refractivity contribution in [3.05, 3.63) is 71.3 Å². The van der Waals surface area contributed by atoms with Crippen LogP contribution in [-0.2, 0) is 0 Å².